The Kier molecular flexibility index (Phi) is 5.10. The first-order valence-electron chi connectivity index (χ1n) is 6.90. The van der Waals surface area contributed by atoms with Crippen LogP contribution in [0.25, 0.3) is 0 Å². The molecule has 2 fully saturated rings. The number of carbonyl (C=O) groups is 2. The summed E-state index contributed by atoms with van der Waals surface area (Å²) in [5.41, 5.74) is 0. The van der Waals surface area contributed by atoms with Gasteiger partial charge in [-0.15, -0.1) is 0 Å². The minimum absolute atomic E-state index is 0.0880. The Hall–Kier alpha value is -0.750. The van der Waals surface area contributed by atoms with E-state index in [0.717, 1.165) is 31.7 Å². The minimum atomic E-state index is -0.813. The molecule has 1 N–H and O–H groups in total. The summed E-state index contributed by atoms with van der Waals surface area (Å²) >= 11 is 1.65. The highest BCUT2D eigenvalue weighted by atomic mass is 32.2. The minimum Gasteiger partial charge on any atom is -0.480 e. The number of aliphatic carboxylic acids is 1. The van der Waals surface area contributed by atoms with Gasteiger partial charge in [-0.3, -0.25) is 14.5 Å². The number of piperidine rings is 1. The molecule has 1 unspecified atom stereocenters. The van der Waals surface area contributed by atoms with Crippen LogP contribution in [0, 0.1) is 5.92 Å². The zero-order valence-electron chi connectivity index (χ0n) is 11.4. The fraction of sp³-hybridized carbons (Fsp3) is 0.846. The molecule has 6 heteroatoms. The SMILES string of the molecule is CC1CCN(C(=O)CN2CCSCC2C(=O)O)CC1. The summed E-state index contributed by atoms with van der Waals surface area (Å²) in [5, 5.41) is 9.19. The van der Waals surface area contributed by atoms with Gasteiger partial charge in [0.25, 0.3) is 0 Å². The molecule has 0 aromatic carbocycles. The summed E-state index contributed by atoms with van der Waals surface area (Å²) in [6.07, 6.45) is 2.12. The summed E-state index contributed by atoms with van der Waals surface area (Å²) in [4.78, 5) is 27.1. The quantitative estimate of drug-likeness (QED) is 0.829. The van der Waals surface area contributed by atoms with Crippen LogP contribution in [0.15, 0.2) is 0 Å². The lowest BCUT2D eigenvalue weighted by atomic mass is 9.99. The van der Waals surface area contributed by atoms with Gasteiger partial charge in [0.1, 0.15) is 6.04 Å². The van der Waals surface area contributed by atoms with Crippen LogP contribution in [0.3, 0.4) is 0 Å². The van der Waals surface area contributed by atoms with Crippen LogP contribution < -0.4 is 0 Å². The van der Waals surface area contributed by atoms with Crippen molar-refractivity contribution in [2.75, 3.05) is 37.7 Å². The van der Waals surface area contributed by atoms with Crippen molar-refractivity contribution < 1.29 is 14.7 Å². The second-order valence-electron chi connectivity index (χ2n) is 5.46. The molecule has 2 heterocycles. The maximum atomic E-state index is 12.2. The normalized spacial score (nSPS) is 26.4. The molecule has 19 heavy (non-hydrogen) atoms. The fourth-order valence-corrected chi connectivity index (χ4v) is 3.69. The third kappa shape index (κ3) is 3.86. The van der Waals surface area contributed by atoms with Gasteiger partial charge >= 0.3 is 5.97 Å². The van der Waals surface area contributed by atoms with Gasteiger partial charge in [0.15, 0.2) is 0 Å². The second-order valence-corrected chi connectivity index (χ2v) is 6.61. The third-order valence-electron chi connectivity index (χ3n) is 4.00. The fourth-order valence-electron chi connectivity index (χ4n) is 2.59. The van der Waals surface area contributed by atoms with E-state index >= 15 is 0 Å². The van der Waals surface area contributed by atoms with E-state index in [4.69, 9.17) is 0 Å². The van der Waals surface area contributed by atoms with Crippen molar-refractivity contribution in [2.45, 2.75) is 25.8 Å². The number of amides is 1. The lowest BCUT2D eigenvalue weighted by molar-refractivity contribution is -0.144. The van der Waals surface area contributed by atoms with Gasteiger partial charge < -0.3 is 10.0 Å². The topological polar surface area (TPSA) is 60.9 Å². The van der Waals surface area contributed by atoms with E-state index in [-0.39, 0.29) is 12.5 Å². The number of hydrogen-bond donors (Lipinski definition) is 1. The first-order chi connectivity index (χ1) is 9.08. The summed E-state index contributed by atoms with van der Waals surface area (Å²) in [6.45, 7) is 4.80. The van der Waals surface area contributed by atoms with Crippen LogP contribution >= 0.6 is 11.8 Å². The predicted molar refractivity (Wildman–Crippen MR) is 75.3 cm³/mol. The number of nitrogens with zero attached hydrogens (tertiary/aromatic N) is 2. The van der Waals surface area contributed by atoms with Crippen molar-refractivity contribution in [1.29, 1.82) is 0 Å². The van der Waals surface area contributed by atoms with E-state index in [9.17, 15) is 14.7 Å². The monoisotopic (exact) mass is 286 g/mol. The Bertz CT molecular complexity index is 343. The van der Waals surface area contributed by atoms with Crippen molar-refractivity contribution in [1.82, 2.24) is 9.80 Å². The van der Waals surface area contributed by atoms with Crippen LogP contribution in [-0.4, -0.2) is 70.5 Å². The van der Waals surface area contributed by atoms with Gasteiger partial charge in [-0.25, -0.2) is 0 Å². The number of hydrogen-bond acceptors (Lipinski definition) is 4. The third-order valence-corrected chi connectivity index (χ3v) is 5.02. The Morgan fingerprint density at radius 2 is 1.95 bits per heavy atom. The second kappa shape index (κ2) is 6.61. The average Bonchev–Trinajstić information content (AvgIpc) is 2.39. The van der Waals surface area contributed by atoms with Crippen molar-refractivity contribution >= 4 is 23.6 Å². The Morgan fingerprint density at radius 1 is 1.26 bits per heavy atom. The molecule has 2 aliphatic heterocycles. The van der Waals surface area contributed by atoms with E-state index < -0.39 is 12.0 Å². The zero-order valence-corrected chi connectivity index (χ0v) is 12.2. The van der Waals surface area contributed by atoms with E-state index in [1.165, 1.54) is 0 Å². The molecule has 5 nitrogen and oxygen atoms in total. The van der Waals surface area contributed by atoms with Crippen LogP contribution in [0.4, 0.5) is 0 Å². The number of carboxylic acid groups (broad SMARTS) is 1. The molecule has 2 aliphatic rings. The first kappa shape index (κ1) is 14.7. The lowest BCUT2D eigenvalue weighted by Gasteiger charge is -2.35. The standard InChI is InChI=1S/C13H22N2O3S/c1-10-2-4-14(5-3-10)12(16)8-15-6-7-19-9-11(15)13(17)18/h10-11H,2-9H2,1H3,(H,17,18). The Balaban J connectivity index is 1.88. The molecule has 1 atom stereocenters. The maximum absolute atomic E-state index is 12.2. The number of rotatable bonds is 3. The van der Waals surface area contributed by atoms with Crippen LogP contribution in [0.2, 0.25) is 0 Å². The highest BCUT2D eigenvalue weighted by Crippen LogP contribution is 2.19. The largest absolute Gasteiger partial charge is 0.480 e. The molecular formula is C13H22N2O3S. The zero-order chi connectivity index (χ0) is 13.8. The van der Waals surface area contributed by atoms with Crippen LogP contribution in [0.1, 0.15) is 19.8 Å². The predicted octanol–water partition coefficient (Wildman–Crippen LogP) is 0.747. The van der Waals surface area contributed by atoms with Gasteiger partial charge in [0.05, 0.1) is 6.54 Å². The van der Waals surface area contributed by atoms with Crippen molar-refractivity contribution in [3.8, 4) is 0 Å². The van der Waals surface area contributed by atoms with Gasteiger partial charge in [0.2, 0.25) is 5.91 Å². The molecule has 0 bridgehead atoms. The maximum Gasteiger partial charge on any atom is 0.321 e. The van der Waals surface area contributed by atoms with Crippen LogP contribution in [-0.2, 0) is 9.59 Å². The molecule has 2 rings (SSSR count). The molecule has 0 aliphatic carbocycles. The van der Waals surface area contributed by atoms with Gasteiger partial charge in [-0.1, -0.05) is 6.92 Å². The van der Waals surface area contributed by atoms with E-state index in [0.29, 0.717) is 18.2 Å². The molecule has 0 aromatic heterocycles. The van der Waals surface area contributed by atoms with Gasteiger partial charge in [-0.2, -0.15) is 11.8 Å². The molecule has 1 amide bonds. The summed E-state index contributed by atoms with van der Waals surface area (Å²) in [6, 6.07) is -0.508. The Labute approximate surface area is 118 Å². The summed E-state index contributed by atoms with van der Waals surface area (Å²) in [7, 11) is 0. The molecule has 0 saturated carbocycles. The Morgan fingerprint density at radius 3 is 2.58 bits per heavy atom. The van der Waals surface area contributed by atoms with Crippen LogP contribution in [0.5, 0.6) is 0 Å². The molecule has 108 valence electrons. The smallest absolute Gasteiger partial charge is 0.321 e. The van der Waals surface area contributed by atoms with E-state index in [1.54, 1.807) is 11.8 Å². The molecular weight excluding hydrogens is 264 g/mol. The van der Waals surface area contributed by atoms with Gasteiger partial charge in [0, 0.05) is 31.1 Å². The first-order valence-corrected chi connectivity index (χ1v) is 8.05. The molecule has 0 radical (unpaired) electrons. The van der Waals surface area contributed by atoms with Crippen molar-refractivity contribution in [3.63, 3.8) is 0 Å². The summed E-state index contributed by atoms with van der Waals surface area (Å²) < 4.78 is 0. The van der Waals surface area contributed by atoms with Crippen molar-refractivity contribution in [2.24, 2.45) is 5.92 Å². The lowest BCUT2D eigenvalue weighted by Crippen LogP contribution is -2.52. The molecule has 0 spiro atoms. The number of carbonyl (C=O) groups excluding carboxylic acids is 1. The number of carboxylic acids is 1. The highest BCUT2D eigenvalue weighted by Gasteiger charge is 2.31. The molecule has 0 aromatic rings. The van der Waals surface area contributed by atoms with E-state index in [1.807, 2.05) is 9.80 Å². The molecule has 2 saturated heterocycles. The summed E-state index contributed by atoms with van der Waals surface area (Å²) in [5.74, 6) is 1.47. The average molecular weight is 286 g/mol. The highest BCUT2D eigenvalue weighted by molar-refractivity contribution is 7.99. The van der Waals surface area contributed by atoms with Crippen molar-refractivity contribution in [3.05, 3.63) is 0 Å². The number of thioether (sulfide) groups is 1. The number of likely N-dealkylation sites (tertiary alicyclic amines) is 1. The van der Waals surface area contributed by atoms with E-state index in [2.05, 4.69) is 6.92 Å². The van der Waals surface area contributed by atoms with Gasteiger partial charge in [-0.05, 0) is 18.8 Å².